The Morgan fingerprint density at radius 1 is 1.20 bits per heavy atom. The maximum Gasteiger partial charge on any atom is 0.279 e. The Labute approximate surface area is 121 Å². The smallest absolute Gasteiger partial charge is 0.199 e. The van der Waals surface area contributed by atoms with Gasteiger partial charge >= 0.3 is 0 Å². The minimum absolute atomic E-state index is 0.0201. The number of benzene rings is 1. The first kappa shape index (κ1) is 14.0. The molecule has 1 aliphatic carbocycles. The summed E-state index contributed by atoms with van der Waals surface area (Å²) >= 11 is 0. The summed E-state index contributed by atoms with van der Waals surface area (Å²) in [7, 11) is -3.28. The van der Waals surface area contributed by atoms with E-state index in [-0.39, 0.29) is 6.04 Å². The summed E-state index contributed by atoms with van der Waals surface area (Å²) < 4.78 is 28.8. The summed E-state index contributed by atoms with van der Waals surface area (Å²) in [5.41, 5.74) is 2.66. The first-order chi connectivity index (χ1) is 9.56. The number of nitrogens with zero attached hydrogens (tertiary/aromatic N) is 1. The quantitative estimate of drug-likeness (QED) is 0.867. The molecule has 3 rings (SSSR count). The standard InChI is InChI=1S/C15H22N2O2S/c1-12-7-8-14(11-13-5-2-3-6-15(12)13)16-20(18,19)17-9-4-10-17/h2-3,5-6,12,14,16H,4,7-11H2,1H3. The zero-order chi connectivity index (χ0) is 14.2. The Morgan fingerprint density at radius 2 is 1.95 bits per heavy atom. The maximum absolute atomic E-state index is 12.2. The Hall–Kier alpha value is -0.910. The first-order valence-corrected chi connectivity index (χ1v) is 8.85. The third-order valence-electron chi connectivity index (χ3n) is 4.47. The average molecular weight is 294 g/mol. The van der Waals surface area contributed by atoms with E-state index in [0.29, 0.717) is 19.0 Å². The largest absolute Gasteiger partial charge is 0.279 e. The minimum Gasteiger partial charge on any atom is -0.199 e. The van der Waals surface area contributed by atoms with Gasteiger partial charge in [0.05, 0.1) is 0 Å². The van der Waals surface area contributed by atoms with Crippen LogP contribution in [0.5, 0.6) is 0 Å². The van der Waals surface area contributed by atoms with Crippen molar-refractivity contribution >= 4 is 10.2 Å². The van der Waals surface area contributed by atoms with Crippen molar-refractivity contribution in [2.75, 3.05) is 13.1 Å². The molecule has 0 saturated carbocycles. The van der Waals surface area contributed by atoms with Gasteiger partial charge in [-0.1, -0.05) is 31.2 Å². The molecule has 1 heterocycles. The van der Waals surface area contributed by atoms with E-state index < -0.39 is 10.2 Å². The highest BCUT2D eigenvalue weighted by molar-refractivity contribution is 7.87. The van der Waals surface area contributed by atoms with Crippen molar-refractivity contribution in [3.8, 4) is 0 Å². The van der Waals surface area contributed by atoms with Crippen molar-refractivity contribution in [2.24, 2.45) is 0 Å². The number of rotatable bonds is 3. The van der Waals surface area contributed by atoms with Crippen LogP contribution < -0.4 is 4.72 Å². The SMILES string of the molecule is CC1CCC(NS(=O)(=O)N2CCC2)Cc2ccccc21. The third kappa shape index (κ3) is 2.75. The van der Waals surface area contributed by atoms with Crippen LogP contribution in [-0.4, -0.2) is 31.9 Å². The Bertz CT molecular complexity index is 581. The van der Waals surface area contributed by atoms with E-state index in [1.165, 1.54) is 15.4 Å². The fourth-order valence-electron chi connectivity index (χ4n) is 3.09. The van der Waals surface area contributed by atoms with Crippen LogP contribution in [-0.2, 0) is 16.6 Å². The van der Waals surface area contributed by atoms with Crippen molar-refractivity contribution in [1.29, 1.82) is 0 Å². The predicted molar refractivity (Wildman–Crippen MR) is 79.8 cm³/mol. The zero-order valence-electron chi connectivity index (χ0n) is 11.9. The van der Waals surface area contributed by atoms with Crippen molar-refractivity contribution in [2.45, 2.75) is 44.6 Å². The van der Waals surface area contributed by atoms with Crippen molar-refractivity contribution in [3.05, 3.63) is 35.4 Å². The van der Waals surface area contributed by atoms with Crippen LogP contribution in [0.3, 0.4) is 0 Å². The molecule has 4 nitrogen and oxygen atoms in total. The number of fused-ring (bicyclic) bond motifs is 1. The highest BCUT2D eigenvalue weighted by Gasteiger charge is 2.31. The number of nitrogens with one attached hydrogen (secondary N) is 1. The van der Waals surface area contributed by atoms with Gasteiger partial charge in [0.15, 0.2) is 0 Å². The summed E-state index contributed by atoms with van der Waals surface area (Å²) in [4.78, 5) is 0. The molecule has 1 N–H and O–H groups in total. The molecular weight excluding hydrogens is 272 g/mol. The molecule has 2 atom stereocenters. The van der Waals surface area contributed by atoms with Gasteiger partial charge in [-0.2, -0.15) is 17.4 Å². The summed E-state index contributed by atoms with van der Waals surface area (Å²) in [6.45, 7) is 3.55. The lowest BCUT2D eigenvalue weighted by Crippen LogP contribution is -2.51. The highest BCUT2D eigenvalue weighted by atomic mass is 32.2. The lowest BCUT2D eigenvalue weighted by molar-refractivity contribution is 0.300. The molecule has 1 saturated heterocycles. The average Bonchev–Trinajstić information content (AvgIpc) is 2.46. The monoisotopic (exact) mass is 294 g/mol. The molecule has 1 aliphatic heterocycles. The molecule has 5 heteroatoms. The predicted octanol–water partition coefficient (Wildman–Crippen LogP) is 2.04. The van der Waals surface area contributed by atoms with E-state index in [4.69, 9.17) is 0 Å². The zero-order valence-corrected chi connectivity index (χ0v) is 12.7. The molecule has 2 aliphatic rings. The second kappa shape index (κ2) is 5.47. The maximum atomic E-state index is 12.2. The molecule has 1 aromatic rings. The molecule has 0 spiro atoms. The lowest BCUT2D eigenvalue weighted by Gasteiger charge is -2.31. The summed E-state index contributed by atoms with van der Waals surface area (Å²) in [5.74, 6) is 0.504. The van der Waals surface area contributed by atoms with Gasteiger partial charge < -0.3 is 0 Å². The van der Waals surface area contributed by atoms with E-state index >= 15 is 0 Å². The molecule has 1 fully saturated rings. The summed E-state index contributed by atoms with van der Waals surface area (Å²) in [5, 5.41) is 0. The molecule has 2 unspecified atom stereocenters. The molecule has 1 aromatic carbocycles. The van der Waals surface area contributed by atoms with E-state index in [9.17, 15) is 8.42 Å². The Kier molecular flexibility index (Phi) is 3.84. The van der Waals surface area contributed by atoms with E-state index in [0.717, 1.165) is 25.7 Å². The molecular formula is C15H22N2O2S. The lowest BCUT2D eigenvalue weighted by atomic mass is 9.95. The van der Waals surface area contributed by atoms with E-state index in [1.807, 2.05) is 6.07 Å². The summed E-state index contributed by atoms with van der Waals surface area (Å²) in [6.07, 6.45) is 3.71. The summed E-state index contributed by atoms with van der Waals surface area (Å²) in [6, 6.07) is 8.43. The van der Waals surface area contributed by atoms with Gasteiger partial charge in [-0.15, -0.1) is 0 Å². The fraction of sp³-hybridized carbons (Fsp3) is 0.600. The van der Waals surface area contributed by atoms with Gasteiger partial charge in [0.2, 0.25) is 0 Å². The van der Waals surface area contributed by atoms with Gasteiger partial charge in [0.25, 0.3) is 10.2 Å². The first-order valence-electron chi connectivity index (χ1n) is 7.41. The molecule has 110 valence electrons. The van der Waals surface area contributed by atoms with Crippen molar-refractivity contribution < 1.29 is 8.42 Å². The van der Waals surface area contributed by atoms with Crippen molar-refractivity contribution in [1.82, 2.24) is 9.03 Å². The van der Waals surface area contributed by atoms with Gasteiger partial charge in [0, 0.05) is 19.1 Å². The number of hydrogen-bond acceptors (Lipinski definition) is 2. The van der Waals surface area contributed by atoms with Crippen molar-refractivity contribution in [3.63, 3.8) is 0 Å². The highest BCUT2D eigenvalue weighted by Crippen LogP contribution is 2.30. The van der Waals surface area contributed by atoms with Crippen LogP contribution in [0.4, 0.5) is 0 Å². The molecule has 0 amide bonds. The second-order valence-electron chi connectivity index (χ2n) is 5.95. The molecule has 0 radical (unpaired) electrons. The van der Waals surface area contributed by atoms with Gasteiger partial charge in [-0.3, -0.25) is 0 Å². The van der Waals surface area contributed by atoms with E-state index in [1.54, 1.807) is 0 Å². The molecule has 20 heavy (non-hydrogen) atoms. The topological polar surface area (TPSA) is 49.4 Å². The van der Waals surface area contributed by atoms with E-state index in [2.05, 4.69) is 29.8 Å². The number of hydrogen-bond donors (Lipinski definition) is 1. The third-order valence-corrected chi connectivity index (χ3v) is 6.15. The second-order valence-corrected chi connectivity index (χ2v) is 7.66. The molecule has 0 aromatic heterocycles. The minimum atomic E-state index is -3.28. The van der Waals surface area contributed by atoms with Crippen LogP contribution in [0.25, 0.3) is 0 Å². The Balaban J connectivity index is 1.76. The fourth-order valence-corrected chi connectivity index (χ4v) is 4.60. The van der Waals surface area contributed by atoms with Gasteiger partial charge in [-0.05, 0) is 42.7 Å². The van der Waals surface area contributed by atoms with Crippen LogP contribution >= 0.6 is 0 Å². The van der Waals surface area contributed by atoms with Gasteiger partial charge in [0.1, 0.15) is 0 Å². The van der Waals surface area contributed by atoms with Crippen LogP contribution in [0.15, 0.2) is 24.3 Å². The van der Waals surface area contributed by atoms with Crippen LogP contribution in [0, 0.1) is 0 Å². The Morgan fingerprint density at radius 3 is 2.65 bits per heavy atom. The van der Waals surface area contributed by atoms with Crippen LogP contribution in [0.2, 0.25) is 0 Å². The van der Waals surface area contributed by atoms with Gasteiger partial charge in [-0.25, -0.2) is 0 Å². The normalized spacial score (nSPS) is 27.4. The molecule has 0 bridgehead atoms. The van der Waals surface area contributed by atoms with Crippen LogP contribution in [0.1, 0.15) is 43.2 Å².